The van der Waals surface area contributed by atoms with Crippen LogP contribution < -0.4 is 5.56 Å². The van der Waals surface area contributed by atoms with Crippen molar-refractivity contribution in [1.82, 2.24) is 9.97 Å². The summed E-state index contributed by atoms with van der Waals surface area (Å²) >= 11 is 1.31. The zero-order valence-electron chi connectivity index (χ0n) is 8.08. The summed E-state index contributed by atoms with van der Waals surface area (Å²) in [6.07, 6.45) is 1.79. The molecule has 0 bridgehead atoms. The largest absolute Gasteiger partial charge is 0.465 e. The SMILES string of the molecule is COC(=O)c1c(C)nc(SC)[nH]c1=O. The Labute approximate surface area is 84.9 Å². The maximum atomic E-state index is 11.4. The number of thioether (sulfide) groups is 1. The standard InChI is InChI=1S/C8H10N2O3S/c1-4-5(7(12)13-2)6(11)10-8(9-4)14-3/h1-3H3,(H,9,10,11). The fourth-order valence-electron chi connectivity index (χ4n) is 0.999. The molecular weight excluding hydrogens is 204 g/mol. The Hall–Kier alpha value is -1.30. The molecule has 0 aliphatic carbocycles. The molecule has 6 heteroatoms. The van der Waals surface area contributed by atoms with Crippen LogP contribution in [0.3, 0.4) is 0 Å². The second kappa shape index (κ2) is 4.28. The predicted octanol–water partition coefficient (Wildman–Crippen LogP) is 0.587. The summed E-state index contributed by atoms with van der Waals surface area (Å²) in [5.74, 6) is -0.663. The van der Waals surface area contributed by atoms with E-state index in [2.05, 4.69) is 14.7 Å². The van der Waals surface area contributed by atoms with Gasteiger partial charge in [0.15, 0.2) is 5.16 Å². The van der Waals surface area contributed by atoms with Gasteiger partial charge in [-0.1, -0.05) is 11.8 Å². The highest BCUT2D eigenvalue weighted by molar-refractivity contribution is 7.98. The van der Waals surface area contributed by atoms with Crippen LogP contribution in [0.1, 0.15) is 16.1 Å². The predicted molar refractivity (Wildman–Crippen MR) is 52.7 cm³/mol. The third-order valence-electron chi connectivity index (χ3n) is 1.66. The number of nitrogens with one attached hydrogen (secondary N) is 1. The molecule has 1 rings (SSSR count). The van der Waals surface area contributed by atoms with Crippen molar-refractivity contribution in [3.63, 3.8) is 0 Å². The molecule has 0 unspecified atom stereocenters. The molecule has 1 heterocycles. The van der Waals surface area contributed by atoms with Crippen LogP contribution in [0.4, 0.5) is 0 Å². The summed E-state index contributed by atoms with van der Waals surface area (Å²) < 4.78 is 4.47. The van der Waals surface area contributed by atoms with Crippen LogP contribution >= 0.6 is 11.8 Å². The number of carbonyl (C=O) groups excluding carboxylic acids is 1. The minimum absolute atomic E-state index is 0.0368. The lowest BCUT2D eigenvalue weighted by Crippen LogP contribution is -2.22. The highest BCUT2D eigenvalue weighted by Gasteiger charge is 2.16. The molecular formula is C8H10N2O3S. The molecule has 0 radical (unpaired) electrons. The second-order valence-corrected chi connectivity index (χ2v) is 3.32. The Morgan fingerprint density at radius 1 is 1.57 bits per heavy atom. The number of nitrogens with zero attached hydrogens (tertiary/aromatic N) is 1. The van der Waals surface area contributed by atoms with E-state index in [-0.39, 0.29) is 5.56 Å². The molecule has 0 atom stereocenters. The summed E-state index contributed by atoms with van der Waals surface area (Å²) in [5.41, 5.74) is -0.121. The number of methoxy groups -OCH3 is 1. The maximum absolute atomic E-state index is 11.4. The third-order valence-corrected chi connectivity index (χ3v) is 2.24. The van der Waals surface area contributed by atoms with E-state index in [4.69, 9.17) is 0 Å². The van der Waals surface area contributed by atoms with Crippen LogP contribution in [0.15, 0.2) is 9.95 Å². The number of aromatic amines is 1. The Morgan fingerprint density at radius 3 is 2.64 bits per heavy atom. The molecule has 0 aromatic carbocycles. The number of aryl methyl sites for hydroxylation is 1. The number of aromatic nitrogens is 2. The molecule has 0 saturated carbocycles. The third kappa shape index (κ3) is 1.95. The molecule has 76 valence electrons. The molecule has 0 aliphatic heterocycles. The summed E-state index contributed by atoms with van der Waals surface area (Å²) in [4.78, 5) is 29.1. The van der Waals surface area contributed by atoms with Crippen LogP contribution in [-0.4, -0.2) is 29.3 Å². The van der Waals surface area contributed by atoms with Gasteiger partial charge in [-0.15, -0.1) is 0 Å². The van der Waals surface area contributed by atoms with Gasteiger partial charge in [-0.3, -0.25) is 4.79 Å². The van der Waals surface area contributed by atoms with Crippen molar-refractivity contribution >= 4 is 17.7 Å². The molecule has 0 saturated heterocycles. The van der Waals surface area contributed by atoms with Gasteiger partial charge in [0.05, 0.1) is 12.8 Å². The second-order valence-electron chi connectivity index (χ2n) is 2.53. The van der Waals surface area contributed by atoms with E-state index in [0.717, 1.165) is 0 Å². The zero-order valence-corrected chi connectivity index (χ0v) is 8.90. The van der Waals surface area contributed by atoms with E-state index in [9.17, 15) is 9.59 Å². The molecule has 0 amide bonds. The summed E-state index contributed by atoms with van der Waals surface area (Å²) in [5, 5.41) is 0.486. The highest BCUT2D eigenvalue weighted by atomic mass is 32.2. The van der Waals surface area contributed by atoms with E-state index >= 15 is 0 Å². The normalized spacial score (nSPS) is 9.93. The first-order valence-electron chi connectivity index (χ1n) is 3.83. The number of hydrogen-bond donors (Lipinski definition) is 1. The summed E-state index contributed by atoms with van der Waals surface area (Å²) in [6.45, 7) is 1.60. The van der Waals surface area contributed by atoms with Gasteiger partial charge in [0.2, 0.25) is 0 Å². The van der Waals surface area contributed by atoms with Crippen molar-refractivity contribution in [2.24, 2.45) is 0 Å². The lowest BCUT2D eigenvalue weighted by atomic mass is 10.2. The molecule has 0 fully saturated rings. The Morgan fingerprint density at radius 2 is 2.21 bits per heavy atom. The maximum Gasteiger partial charge on any atom is 0.345 e. The van der Waals surface area contributed by atoms with Gasteiger partial charge >= 0.3 is 5.97 Å². The van der Waals surface area contributed by atoms with E-state index in [1.165, 1.54) is 18.9 Å². The van der Waals surface area contributed by atoms with Crippen molar-refractivity contribution in [1.29, 1.82) is 0 Å². The lowest BCUT2D eigenvalue weighted by Gasteiger charge is -2.03. The van der Waals surface area contributed by atoms with Crippen LogP contribution in [-0.2, 0) is 4.74 Å². The van der Waals surface area contributed by atoms with Crippen molar-refractivity contribution < 1.29 is 9.53 Å². The quantitative estimate of drug-likeness (QED) is 0.443. The van der Waals surface area contributed by atoms with E-state index in [1.54, 1.807) is 13.2 Å². The lowest BCUT2D eigenvalue weighted by molar-refractivity contribution is 0.0597. The van der Waals surface area contributed by atoms with Gasteiger partial charge in [-0.2, -0.15) is 0 Å². The highest BCUT2D eigenvalue weighted by Crippen LogP contribution is 2.08. The topological polar surface area (TPSA) is 72.0 Å². The zero-order chi connectivity index (χ0) is 10.7. The van der Waals surface area contributed by atoms with E-state index in [1.807, 2.05) is 0 Å². The Bertz CT molecular complexity index is 414. The number of rotatable bonds is 2. The van der Waals surface area contributed by atoms with Crippen LogP contribution in [0, 0.1) is 6.92 Å². The van der Waals surface area contributed by atoms with Gasteiger partial charge in [0.25, 0.3) is 5.56 Å². The number of ether oxygens (including phenoxy) is 1. The monoisotopic (exact) mass is 214 g/mol. The van der Waals surface area contributed by atoms with E-state index < -0.39 is 11.5 Å². The van der Waals surface area contributed by atoms with Crippen molar-refractivity contribution in [3.8, 4) is 0 Å². The van der Waals surface area contributed by atoms with Crippen LogP contribution in [0.25, 0.3) is 0 Å². The Balaban J connectivity index is 3.33. The Kier molecular flexibility index (Phi) is 3.29. The van der Waals surface area contributed by atoms with Gasteiger partial charge in [-0.25, -0.2) is 9.78 Å². The number of H-pyrrole nitrogens is 1. The van der Waals surface area contributed by atoms with Gasteiger partial charge in [0, 0.05) is 0 Å². The average Bonchev–Trinajstić information content (AvgIpc) is 2.16. The molecule has 14 heavy (non-hydrogen) atoms. The van der Waals surface area contributed by atoms with Gasteiger partial charge < -0.3 is 9.72 Å². The molecule has 1 N–H and O–H groups in total. The van der Waals surface area contributed by atoms with Crippen molar-refractivity contribution in [2.75, 3.05) is 13.4 Å². The fourth-order valence-corrected chi connectivity index (χ4v) is 1.42. The van der Waals surface area contributed by atoms with Crippen LogP contribution in [0.2, 0.25) is 0 Å². The summed E-state index contributed by atoms with van der Waals surface area (Å²) in [6, 6.07) is 0. The molecule has 1 aromatic heterocycles. The van der Waals surface area contributed by atoms with E-state index in [0.29, 0.717) is 10.9 Å². The minimum Gasteiger partial charge on any atom is -0.465 e. The minimum atomic E-state index is -0.663. The first-order valence-corrected chi connectivity index (χ1v) is 5.05. The number of carbonyl (C=O) groups is 1. The molecule has 1 aromatic rings. The first kappa shape index (κ1) is 10.8. The molecule has 5 nitrogen and oxygen atoms in total. The van der Waals surface area contributed by atoms with Crippen molar-refractivity contribution in [3.05, 3.63) is 21.6 Å². The molecule has 0 spiro atoms. The smallest absolute Gasteiger partial charge is 0.345 e. The number of esters is 1. The molecule has 0 aliphatic rings. The van der Waals surface area contributed by atoms with Crippen LogP contribution in [0.5, 0.6) is 0 Å². The first-order chi connectivity index (χ1) is 6.60. The fraction of sp³-hybridized carbons (Fsp3) is 0.375. The van der Waals surface area contributed by atoms with Crippen molar-refractivity contribution in [2.45, 2.75) is 12.1 Å². The number of hydrogen-bond acceptors (Lipinski definition) is 5. The van der Waals surface area contributed by atoms with Gasteiger partial charge in [-0.05, 0) is 13.2 Å². The summed E-state index contributed by atoms with van der Waals surface area (Å²) in [7, 11) is 1.23. The average molecular weight is 214 g/mol. The van der Waals surface area contributed by atoms with Gasteiger partial charge in [0.1, 0.15) is 5.56 Å².